The van der Waals surface area contributed by atoms with E-state index in [-0.39, 0.29) is 6.04 Å². The molecule has 0 spiro atoms. The number of fused-ring (bicyclic) bond motifs is 2. The Morgan fingerprint density at radius 3 is 2.76 bits per heavy atom. The summed E-state index contributed by atoms with van der Waals surface area (Å²) >= 11 is 0. The number of carbonyl (C=O) groups excluding carboxylic acids is 1. The number of likely N-dealkylation sites (N-methyl/N-ethyl adjacent to an activating group) is 1. The molecule has 3 N–H and O–H groups in total. The maximum Gasteiger partial charge on any atom is 0.253 e. The van der Waals surface area contributed by atoms with Crippen LogP contribution in [0.5, 0.6) is 0 Å². The van der Waals surface area contributed by atoms with E-state index in [1.165, 1.54) is 12.8 Å². The number of rotatable bonds is 7. The lowest BCUT2D eigenvalue weighted by Crippen LogP contribution is -2.32. The number of amides is 1. The minimum atomic E-state index is -0.838. The highest BCUT2D eigenvalue weighted by Crippen LogP contribution is 2.38. The largest absolute Gasteiger partial charge is 0.373 e. The number of aromatic nitrogens is 4. The van der Waals surface area contributed by atoms with Crippen molar-refractivity contribution in [1.29, 1.82) is 0 Å². The molecule has 4 aromatic rings. The number of H-pyrrole nitrogens is 1. The van der Waals surface area contributed by atoms with Crippen LogP contribution in [-0.4, -0.2) is 69.7 Å². The van der Waals surface area contributed by atoms with E-state index in [4.69, 9.17) is 5.73 Å². The lowest BCUT2D eigenvalue weighted by molar-refractivity contribution is 0.100. The van der Waals surface area contributed by atoms with Gasteiger partial charge in [0, 0.05) is 25.7 Å². The van der Waals surface area contributed by atoms with Crippen molar-refractivity contribution in [3.8, 4) is 11.1 Å². The normalized spacial score (nSPS) is 20.7. The predicted octanol–water partition coefficient (Wildman–Crippen LogP) is 4.66. The molecule has 8 nitrogen and oxygen atoms in total. The van der Waals surface area contributed by atoms with Gasteiger partial charge in [0.25, 0.3) is 5.91 Å². The zero-order chi connectivity index (χ0) is 25.5. The number of carbonyl (C=O) groups is 1. The first-order chi connectivity index (χ1) is 18.0. The van der Waals surface area contributed by atoms with Crippen molar-refractivity contribution in [2.45, 2.75) is 50.7 Å². The third-order valence-electron chi connectivity index (χ3n) is 8.18. The Bertz CT molecular complexity index is 1440. The van der Waals surface area contributed by atoms with Gasteiger partial charge in [-0.1, -0.05) is 18.9 Å². The lowest BCUT2D eigenvalue weighted by atomic mass is 9.93. The molecule has 6 rings (SSSR count). The molecule has 3 heterocycles. The minimum absolute atomic E-state index is 0.159. The number of nitrogens with one attached hydrogen (secondary N) is 1. The topological polar surface area (TPSA) is 96.1 Å². The monoisotopic (exact) mass is 503 g/mol. The summed E-state index contributed by atoms with van der Waals surface area (Å²) in [6, 6.07) is 7.95. The van der Waals surface area contributed by atoms with E-state index in [0.29, 0.717) is 23.0 Å². The molecule has 2 aromatic carbocycles. The fourth-order valence-electron chi connectivity index (χ4n) is 6.13. The number of alkyl halides is 1. The second-order valence-corrected chi connectivity index (χ2v) is 10.5. The number of hydrogen-bond donors (Lipinski definition) is 2. The van der Waals surface area contributed by atoms with Gasteiger partial charge in [0.05, 0.1) is 52.0 Å². The van der Waals surface area contributed by atoms with Crippen LogP contribution in [0.1, 0.15) is 54.9 Å². The zero-order valence-corrected chi connectivity index (χ0v) is 21.3. The Balaban J connectivity index is 1.40. The van der Waals surface area contributed by atoms with Crippen molar-refractivity contribution >= 4 is 33.7 Å². The average molecular weight is 504 g/mol. The van der Waals surface area contributed by atoms with Gasteiger partial charge in [-0.05, 0) is 62.5 Å². The first-order valence-electron chi connectivity index (χ1n) is 13.4. The van der Waals surface area contributed by atoms with Crippen LogP contribution in [0.15, 0.2) is 36.9 Å². The van der Waals surface area contributed by atoms with Crippen molar-refractivity contribution in [2.24, 2.45) is 5.73 Å². The van der Waals surface area contributed by atoms with Crippen LogP contribution >= 0.6 is 0 Å². The molecule has 1 saturated heterocycles. The van der Waals surface area contributed by atoms with E-state index in [1.807, 2.05) is 35.9 Å². The molecule has 1 aliphatic heterocycles. The van der Waals surface area contributed by atoms with Gasteiger partial charge in [-0.3, -0.25) is 4.79 Å². The number of halogens is 1. The number of likely N-dealkylation sites (tertiary alicyclic amines) is 1. The van der Waals surface area contributed by atoms with Gasteiger partial charge in [-0.15, -0.1) is 0 Å². The molecule has 1 aliphatic carbocycles. The molecule has 37 heavy (non-hydrogen) atoms. The van der Waals surface area contributed by atoms with Gasteiger partial charge in [0.1, 0.15) is 6.17 Å². The highest BCUT2D eigenvalue weighted by molar-refractivity contribution is 6.13. The van der Waals surface area contributed by atoms with E-state index < -0.39 is 12.1 Å². The molecule has 0 radical (unpaired) electrons. The fourth-order valence-corrected chi connectivity index (χ4v) is 6.13. The van der Waals surface area contributed by atoms with Crippen LogP contribution in [0.2, 0.25) is 0 Å². The quantitative estimate of drug-likeness (QED) is 0.382. The number of aromatic amines is 1. The van der Waals surface area contributed by atoms with Crippen molar-refractivity contribution in [3.63, 3.8) is 0 Å². The Kier molecular flexibility index (Phi) is 6.32. The second-order valence-electron chi connectivity index (χ2n) is 10.5. The molecule has 1 saturated carbocycles. The minimum Gasteiger partial charge on any atom is -0.373 e. The maximum absolute atomic E-state index is 14.7. The summed E-state index contributed by atoms with van der Waals surface area (Å²) in [7, 11) is 2.01. The van der Waals surface area contributed by atoms with Crippen molar-refractivity contribution in [3.05, 3.63) is 42.5 Å². The Labute approximate surface area is 215 Å². The van der Waals surface area contributed by atoms with Crippen LogP contribution in [0, 0.1) is 0 Å². The molecule has 2 aliphatic rings. The van der Waals surface area contributed by atoms with Crippen molar-refractivity contribution < 1.29 is 9.18 Å². The summed E-state index contributed by atoms with van der Waals surface area (Å²) < 4.78 is 16.7. The summed E-state index contributed by atoms with van der Waals surface area (Å²) in [4.78, 5) is 29.5. The Hall–Kier alpha value is -3.46. The number of benzene rings is 2. The van der Waals surface area contributed by atoms with Crippen LogP contribution in [0.4, 0.5) is 10.1 Å². The average Bonchev–Trinajstić information content (AvgIpc) is 3.67. The first-order valence-corrected chi connectivity index (χ1v) is 13.4. The molecular formula is C28H34FN7O. The lowest BCUT2D eigenvalue weighted by Gasteiger charge is -2.27. The number of hydrogen-bond acceptors (Lipinski definition) is 5. The maximum atomic E-state index is 14.7. The second kappa shape index (κ2) is 9.78. The number of nitrogens with two attached hydrogens (primary N) is 1. The SMILES string of the molecule is CN(CCN1CCCC1)c1cc(-c2ccc3c(c2)ncn3[C@@H]2CCCC[C@H]2F)c2nc[nH]c2c1C(N)=O. The number of anilines is 1. The van der Waals surface area contributed by atoms with Crippen LogP contribution in [0.25, 0.3) is 33.2 Å². The van der Waals surface area contributed by atoms with E-state index in [0.717, 1.165) is 73.3 Å². The molecule has 194 valence electrons. The van der Waals surface area contributed by atoms with Gasteiger partial charge in [0.15, 0.2) is 0 Å². The summed E-state index contributed by atoms with van der Waals surface area (Å²) in [5.74, 6) is -0.480. The smallest absolute Gasteiger partial charge is 0.253 e. The van der Waals surface area contributed by atoms with Gasteiger partial charge < -0.3 is 25.1 Å². The molecule has 2 atom stereocenters. The molecule has 2 fully saturated rings. The van der Waals surface area contributed by atoms with E-state index in [2.05, 4.69) is 24.8 Å². The fraction of sp³-hybridized carbons (Fsp3) is 0.464. The molecule has 0 bridgehead atoms. The van der Waals surface area contributed by atoms with Crippen LogP contribution < -0.4 is 10.6 Å². The number of nitrogens with zero attached hydrogens (tertiary/aromatic N) is 5. The van der Waals surface area contributed by atoms with E-state index in [1.54, 1.807) is 12.7 Å². The van der Waals surface area contributed by atoms with Crippen molar-refractivity contribution in [1.82, 2.24) is 24.4 Å². The van der Waals surface area contributed by atoms with E-state index in [9.17, 15) is 9.18 Å². The number of imidazole rings is 2. The highest BCUT2D eigenvalue weighted by Gasteiger charge is 2.28. The predicted molar refractivity (Wildman–Crippen MR) is 145 cm³/mol. The molecular weight excluding hydrogens is 469 g/mol. The van der Waals surface area contributed by atoms with Gasteiger partial charge in [0.2, 0.25) is 0 Å². The Morgan fingerprint density at radius 2 is 1.97 bits per heavy atom. The molecule has 0 unspecified atom stereocenters. The molecule has 2 aromatic heterocycles. The van der Waals surface area contributed by atoms with E-state index >= 15 is 0 Å². The summed E-state index contributed by atoms with van der Waals surface area (Å²) in [5, 5.41) is 0. The summed E-state index contributed by atoms with van der Waals surface area (Å²) in [5.41, 5.74) is 12.1. The third-order valence-corrected chi connectivity index (χ3v) is 8.18. The van der Waals surface area contributed by atoms with Gasteiger partial charge >= 0.3 is 0 Å². The first kappa shape index (κ1) is 23.9. The zero-order valence-electron chi connectivity index (χ0n) is 21.3. The standard InChI is InChI=1S/C28H34FN7O/c1-34(12-13-35-10-4-5-11-35)24-15-19(26-27(32-16-31-26)25(24)28(30)37)18-8-9-23-21(14-18)33-17-36(23)22-7-3-2-6-20(22)29/h8-9,14-17,20,22H,2-7,10-13H2,1H3,(H2,30,37)(H,31,32)/t20-,22-/m1/s1. The summed E-state index contributed by atoms with van der Waals surface area (Å²) in [6.45, 7) is 3.97. The highest BCUT2D eigenvalue weighted by atomic mass is 19.1. The van der Waals surface area contributed by atoms with Crippen LogP contribution in [0.3, 0.4) is 0 Å². The molecule has 1 amide bonds. The third kappa shape index (κ3) is 4.35. The number of primary amides is 1. The Morgan fingerprint density at radius 1 is 1.16 bits per heavy atom. The van der Waals surface area contributed by atoms with Gasteiger partial charge in [-0.25, -0.2) is 14.4 Å². The summed E-state index contributed by atoms with van der Waals surface area (Å²) in [6.07, 6.45) is 8.46. The molecule has 9 heteroatoms. The van der Waals surface area contributed by atoms with Crippen LogP contribution in [-0.2, 0) is 0 Å². The van der Waals surface area contributed by atoms with Crippen molar-refractivity contribution in [2.75, 3.05) is 38.1 Å². The van der Waals surface area contributed by atoms with Gasteiger partial charge in [-0.2, -0.15) is 0 Å².